The molecule has 3 rings (SSSR count). The molecule has 0 radical (unpaired) electrons. The molecule has 2 aliphatic carbocycles. The van der Waals surface area contributed by atoms with E-state index in [1.54, 1.807) is 0 Å². The van der Waals surface area contributed by atoms with Crippen LogP contribution in [0, 0.1) is 34.8 Å². The van der Waals surface area contributed by atoms with Gasteiger partial charge in [0.1, 0.15) is 0 Å². The standard InChI is InChI=1S/C29H44F2O3/c1-4-10-22(11-5-2)29(18-8-7-9-19-29)23-14-12-21(13-15-23)28(32)34-25-17-16-24(33-20-6-3)26(30)27(25)31/h16-17,21-23H,4-15,18-20H2,1-3H3. The van der Waals surface area contributed by atoms with Crippen molar-refractivity contribution in [3.63, 3.8) is 0 Å². The number of carbonyl (C=O) groups is 1. The van der Waals surface area contributed by atoms with Crippen molar-refractivity contribution >= 4 is 5.97 Å². The average molecular weight is 479 g/mol. The van der Waals surface area contributed by atoms with E-state index in [0.29, 0.717) is 24.4 Å². The number of hydrogen-bond acceptors (Lipinski definition) is 3. The van der Waals surface area contributed by atoms with Crippen LogP contribution in [-0.4, -0.2) is 12.6 Å². The molecule has 0 bridgehead atoms. The smallest absolute Gasteiger partial charge is 0.314 e. The Kier molecular flexibility index (Phi) is 10.2. The summed E-state index contributed by atoms with van der Waals surface area (Å²) in [6.45, 7) is 6.80. The fourth-order valence-electron chi connectivity index (χ4n) is 6.79. The minimum Gasteiger partial charge on any atom is -0.490 e. The number of halogens is 2. The van der Waals surface area contributed by atoms with E-state index < -0.39 is 17.6 Å². The SMILES string of the molecule is CCCOc1ccc(OC(=O)C2CCC(C3(C(CCC)CCC)CCCCC3)CC2)c(F)c1F. The number of benzene rings is 1. The molecule has 192 valence electrons. The summed E-state index contributed by atoms with van der Waals surface area (Å²) in [5.74, 6) is -1.99. The Morgan fingerprint density at radius 3 is 2.09 bits per heavy atom. The molecular weight excluding hydrogens is 434 g/mol. The lowest BCUT2D eigenvalue weighted by Gasteiger charge is -2.51. The lowest BCUT2D eigenvalue weighted by atomic mass is 9.54. The van der Waals surface area contributed by atoms with Crippen LogP contribution in [0.5, 0.6) is 11.5 Å². The first-order valence-electron chi connectivity index (χ1n) is 13.8. The molecule has 0 N–H and O–H groups in total. The molecule has 5 heteroatoms. The minimum absolute atomic E-state index is 0.147. The molecule has 2 aliphatic rings. The Balaban J connectivity index is 1.64. The Morgan fingerprint density at radius 1 is 0.912 bits per heavy atom. The van der Waals surface area contributed by atoms with Gasteiger partial charge in [0.2, 0.25) is 11.6 Å². The van der Waals surface area contributed by atoms with Gasteiger partial charge >= 0.3 is 5.97 Å². The van der Waals surface area contributed by atoms with Crippen LogP contribution in [-0.2, 0) is 4.79 Å². The van der Waals surface area contributed by atoms with Crippen molar-refractivity contribution < 1.29 is 23.0 Å². The molecule has 1 aromatic carbocycles. The van der Waals surface area contributed by atoms with Crippen LogP contribution in [0.4, 0.5) is 8.78 Å². The number of carbonyl (C=O) groups excluding carboxylic acids is 1. The molecule has 2 saturated carbocycles. The Morgan fingerprint density at radius 2 is 1.50 bits per heavy atom. The topological polar surface area (TPSA) is 35.5 Å². The van der Waals surface area contributed by atoms with Gasteiger partial charge in [-0.25, -0.2) is 0 Å². The van der Waals surface area contributed by atoms with Crippen LogP contribution in [0.3, 0.4) is 0 Å². The third kappa shape index (κ3) is 6.12. The molecule has 0 spiro atoms. The van der Waals surface area contributed by atoms with Gasteiger partial charge in [-0.05, 0) is 74.3 Å². The Bertz CT molecular complexity index is 774. The van der Waals surface area contributed by atoms with E-state index in [1.165, 1.54) is 69.9 Å². The third-order valence-corrected chi connectivity index (χ3v) is 8.43. The molecule has 0 aliphatic heterocycles. The summed E-state index contributed by atoms with van der Waals surface area (Å²) in [5.41, 5.74) is 0.419. The zero-order chi connectivity index (χ0) is 24.6. The summed E-state index contributed by atoms with van der Waals surface area (Å²) in [7, 11) is 0. The number of esters is 1. The summed E-state index contributed by atoms with van der Waals surface area (Å²) >= 11 is 0. The number of ether oxygens (including phenoxy) is 2. The molecule has 1 aromatic rings. The van der Waals surface area contributed by atoms with Crippen molar-refractivity contribution in [2.45, 2.75) is 111 Å². The largest absolute Gasteiger partial charge is 0.490 e. The Hall–Kier alpha value is -1.65. The highest BCUT2D eigenvalue weighted by molar-refractivity contribution is 5.75. The van der Waals surface area contributed by atoms with Crippen LogP contribution in [0.25, 0.3) is 0 Å². The summed E-state index contributed by atoms with van der Waals surface area (Å²) in [6, 6.07) is 2.63. The van der Waals surface area contributed by atoms with E-state index >= 15 is 0 Å². The summed E-state index contributed by atoms with van der Waals surface area (Å²) in [5, 5.41) is 0. The quantitative estimate of drug-likeness (QED) is 0.236. The average Bonchev–Trinajstić information content (AvgIpc) is 2.86. The van der Waals surface area contributed by atoms with Gasteiger partial charge in [0, 0.05) is 0 Å². The van der Waals surface area contributed by atoms with Gasteiger partial charge in [0.15, 0.2) is 11.5 Å². The summed E-state index contributed by atoms with van der Waals surface area (Å²) in [6.07, 6.45) is 16.0. The predicted octanol–water partition coefficient (Wildman–Crippen LogP) is 8.63. The number of hydrogen-bond donors (Lipinski definition) is 0. The highest BCUT2D eigenvalue weighted by atomic mass is 19.2. The lowest BCUT2D eigenvalue weighted by Crippen LogP contribution is -2.42. The van der Waals surface area contributed by atoms with Crippen molar-refractivity contribution in [2.24, 2.45) is 23.2 Å². The zero-order valence-electron chi connectivity index (χ0n) is 21.5. The Labute approximate surface area is 205 Å². The van der Waals surface area contributed by atoms with E-state index in [1.807, 2.05) is 6.92 Å². The highest BCUT2D eigenvalue weighted by Gasteiger charge is 2.46. The fourth-order valence-corrected chi connectivity index (χ4v) is 6.79. The molecule has 0 amide bonds. The maximum absolute atomic E-state index is 14.5. The molecular formula is C29H44F2O3. The second kappa shape index (κ2) is 12.9. The van der Waals surface area contributed by atoms with Crippen LogP contribution in [0.1, 0.15) is 111 Å². The van der Waals surface area contributed by atoms with Crippen molar-refractivity contribution in [1.29, 1.82) is 0 Å². The zero-order valence-corrected chi connectivity index (χ0v) is 21.5. The van der Waals surface area contributed by atoms with Gasteiger partial charge in [0.05, 0.1) is 12.5 Å². The highest BCUT2D eigenvalue weighted by Crippen LogP contribution is 2.56. The van der Waals surface area contributed by atoms with E-state index in [0.717, 1.165) is 31.6 Å². The molecule has 34 heavy (non-hydrogen) atoms. The van der Waals surface area contributed by atoms with Crippen molar-refractivity contribution in [2.75, 3.05) is 6.61 Å². The maximum Gasteiger partial charge on any atom is 0.314 e. The maximum atomic E-state index is 14.5. The van der Waals surface area contributed by atoms with Crippen LogP contribution < -0.4 is 9.47 Å². The third-order valence-electron chi connectivity index (χ3n) is 8.43. The first-order chi connectivity index (χ1) is 16.5. The van der Waals surface area contributed by atoms with Crippen LogP contribution in [0.2, 0.25) is 0 Å². The van der Waals surface area contributed by atoms with E-state index in [9.17, 15) is 13.6 Å². The van der Waals surface area contributed by atoms with Gasteiger partial charge in [-0.1, -0.05) is 65.7 Å². The van der Waals surface area contributed by atoms with Crippen molar-refractivity contribution in [1.82, 2.24) is 0 Å². The van der Waals surface area contributed by atoms with E-state index in [-0.39, 0.29) is 17.4 Å². The van der Waals surface area contributed by atoms with Crippen LogP contribution in [0.15, 0.2) is 12.1 Å². The predicted molar refractivity (Wildman–Crippen MR) is 132 cm³/mol. The van der Waals surface area contributed by atoms with Crippen molar-refractivity contribution in [3.05, 3.63) is 23.8 Å². The first kappa shape index (κ1) is 26.9. The van der Waals surface area contributed by atoms with Gasteiger partial charge in [0.25, 0.3) is 0 Å². The minimum atomic E-state index is -1.15. The summed E-state index contributed by atoms with van der Waals surface area (Å²) < 4.78 is 39.3. The molecule has 0 unspecified atom stereocenters. The van der Waals surface area contributed by atoms with Crippen LogP contribution >= 0.6 is 0 Å². The molecule has 0 saturated heterocycles. The monoisotopic (exact) mass is 478 g/mol. The van der Waals surface area contributed by atoms with E-state index in [4.69, 9.17) is 9.47 Å². The van der Waals surface area contributed by atoms with Crippen molar-refractivity contribution in [3.8, 4) is 11.5 Å². The molecule has 3 nitrogen and oxygen atoms in total. The molecule has 0 atom stereocenters. The molecule has 0 heterocycles. The van der Waals surface area contributed by atoms with Gasteiger partial charge in [-0.2, -0.15) is 8.78 Å². The molecule has 2 fully saturated rings. The van der Waals surface area contributed by atoms with Gasteiger partial charge in [-0.15, -0.1) is 0 Å². The number of rotatable bonds is 11. The second-order valence-electron chi connectivity index (χ2n) is 10.6. The normalized spacial score (nSPS) is 22.5. The first-order valence-corrected chi connectivity index (χ1v) is 13.8. The van der Waals surface area contributed by atoms with Gasteiger partial charge < -0.3 is 9.47 Å². The lowest BCUT2D eigenvalue weighted by molar-refractivity contribution is -0.141. The van der Waals surface area contributed by atoms with E-state index in [2.05, 4.69) is 13.8 Å². The fraction of sp³-hybridized carbons (Fsp3) is 0.759. The second-order valence-corrected chi connectivity index (χ2v) is 10.6. The molecule has 0 aromatic heterocycles. The summed E-state index contributed by atoms with van der Waals surface area (Å²) in [4.78, 5) is 12.8. The van der Waals surface area contributed by atoms with Gasteiger partial charge in [-0.3, -0.25) is 4.79 Å².